The predicted octanol–water partition coefficient (Wildman–Crippen LogP) is 4.50. The van der Waals surface area contributed by atoms with Crippen LogP contribution in [0.2, 0.25) is 5.02 Å². The molecule has 9 nitrogen and oxygen atoms in total. The maximum Gasteiger partial charge on any atom is 0.175 e. The SMILES string of the molecule is C=Nc1nc(-c2ccc(N3CCOCC3)cc2)c(Cl)cc1NCOC(C)c1ccc(C=O)cn1.CN. The number of hydrogen-bond donors (Lipinski definition) is 2. The van der Waals surface area contributed by atoms with Gasteiger partial charge in [0.05, 0.1) is 41.4 Å². The van der Waals surface area contributed by atoms with Gasteiger partial charge in [0, 0.05) is 36.1 Å². The number of aliphatic imine (C=N–C) groups is 1. The summed E-state index contributed by atoms with van der Waals surface area (Å²) in [5.74, 6) is 0.432. The number of anilines is 2. The van der Waals surface area contributed by atoms with Crippen molar-refractivity contribution in [3.8, 4) is 11.3 Å². The number of morpholine rings is 1. The Hall–Kier alpha value is -3.37. The minimum atomic E-state index is -0.277. The molecule has 3 heterocycles. The van der Waals surface area contributed by atoms with Crippen molar-refractivity contribution in [3.63, 3.8) is 0 Å². The van der Waals surface area contributed by atoms with Crippen LogP contribution in [0.15, 0.2) is 53.7 Å². The van der Waals surface area contributed by atoms with Crippen molar-refractivity contribution >= 4 is 41.8 Å². The van der Waals surface area contributed by atoms with E-state index >= 15 is 0 Å². The van der Waals surface area contributed by atoms with E-state index in [0.29, 0.717) is 27.8 Å². The van der Waals surface area contributed by atoms with Crippen LogP contribution in [0.3, 0.4) is 0 Å². The minimum Gasteiger partial charge on any atom is -0.378 e. The second-order valence-electron chi connectivity index (χ2n) is 7.76. The van der Waals surface area contributed by atoms with Crippen LogP contribution < -0.4 is 16.0 Å². The van der Waals surface area contributed by atoms with Crippen molar-refractivity contribution in [3.05, 3.63) is 64.9 Å². The van der Waals surface area contributed by atoms with Crippen LogP contribution in [-0.2, 0) is 9.47 Å². The monoisotopic (exact) mass is 510 g/mol. The normalized spacial score (nSPS) is 13.8. The Morgan fingerprint density at radius 3 is 2.58 bits per heavy atom. The van der Waals surface area contributed by atoms with Crippen LogP contribution in [0.25, 0.3) is 11.3 Å². The van der Waals surface area contributed by atoms with Gasteiger partial charge in [-0.05, 0) is 51.0 Å². The standard InChI is InChI=1S/C25H26ClN5O3.CH5N/c1-17(22-8-3-18(15-32)14-28-22)34-16-29-23-13-21(26)24(30-25(23)27-2)19-4-6-20(7-5-19)31-9-11-33-12-10-31;1-2/h3-8,13-15,17,29H,2,9-12,16H2,1H3;2H2,1H3. The molecule has 1 aliphatic heterocycles. The molecule has 1 aromatic carbocycles. The molecule has 0 bridgehead atoms. The number of aromatic nitrogens is 2. The van der Waals surface area contributed by atoms with E-state index in [1.54, 1.807) is 18.2 Å². The van der Waals surface area contributed by atoms with Gasteiger partial charge >= 0.3 is 0 Å². The van der Waals surface area contributed by atoms with E-state index in [-0.39, 0.29) is 12.8 Å². The zero-order chi connectivity index (χ0) is 25.9. The Morgan fingerprint density at radius 1 is 1.25 bits per heavy atom. The Kier molecular flexibility index (Phi) is 10.3. The Morgan fingerprint density at radius 2 is 1.97 bits per heavy atom. The number of pyridine rings is 2. The van der Waals surface area contributed by atoms with Gasteiger partial charge in [0.1, 0.15) is 6.73 Å². The van der Waals surface area contributed by atoms with Gasteiger partial charge in [0.2, 0.25) is 0 Å². The van der Waals surface area contributed by atoms with Crippen LogP contribution in [-0.4, -0.2) is 63.1 Å². The number of hydrogen-bond acceptors (Lipinski definition) is 9. The summed E-state index contributed by atoms with van der Waals surface area (Å²) in [4.78, 5) is 26.0. The highest BCUT2D eigenvalue weighted by molar-refractivity contribution is 6.33. The number of carbonyl (C=O) groups is 1. The third-order valence-electron chi connectivity index (χ3n) is 5.58. The van der Waals surface area contributed by atoms with Crippen LogP contribution in [0.4, 0.5) is 17.2 Å². The van der Waals surface area contributed by atoms with Gasteiger partial charge in [-0.1, -0.05) is 23.7 Å². The van der Waals surface area contributed by atoms with Crippen LogP contribution >= 0.6 is 11.6 Å². The molecule has 3 aromatic rings. The average Bonchev–Trinajstić information content (AvgIpc) is 2.95. The number of ether oxygens (including phenoxy) is 2. The summed E-state index contributed by atoms with van der Waals surface area (Å²) in [5.41, 5.74) is 9.04. The first-order valence-electron chi connectivity index (χ1n) is 11.5. The maximum absolute atomic E-state index is 10.8. The number of nitrogens with two attached hydrogens (primary N) is 1. The third kappa shape index (κ3) is 6.86. The molecule has 1 saturated heterocycles. The fraction of sp³-hybridized carbons (Fsp3) is 0.308. The quantitative estimate of drug-likeness (QED) is 0.245. The molecule has 1 atom stereocenters. The van der Waals surface area contributed by atoms with E-state index in [0.717, 1.165) is 49.5 Å². The van der Waals surface area contributed by atoms with Crippen molar-refractivity contribution in [2.24, 2.45) is 10.7 Å². The first kappa shape index (κ1) is 27.2. The first-order valence-corrected chi connectivity index (χ1v) is 11.9. The van der Waals surface area contributed by atoms with Crippen molar-refractivity contribution in [1.29, 1.82) is 0 Å². The topological polar surface area (TPSA) is 115 Å². The summed E-state index contributed by atoms with van der Waals surface area (Å²) in [6.45, 7) is 8.95. The van der Waals surface area contributed by atoms with Gasteiger partial charge in [-0.15, -0.1) is 0 Å². The van der Waals surface area contributed by atoms with Gasteiger partial charge in [0.15, 0.2) is 12.1 Å². The minimum absolute atomic E-state index is 0.187. The highest BCUT2D eigenvalue weighted by Gasteiger charge is 2.15. The summed E-state index contributed by atoms with van der Waals surface area (Å²) in [6.07, 6.45) is 2.00. The average molecular weight is 511 g/mol. The molecule has 0 amide bonds. The van der Waals surface area contributed by atoms with Crippen molar-refractivity contribution in [1.82, 2.24) is 9.97 Å². The van der Waals surface area contributed by atoms with Crippen LogP contribution in [0.1, 0.15) is 29.1 Å². The highest BCUT2D eigenvalue weighted by atomic mass is 35.5. The molecule has 1 aliphatic rings. The smallest absolute Gasteiger partial charge is 0.175 e. The lowest BCUT2D eigenvalue weighted by molar-refractivity contribution is 0.0772. The summed E-state index contributed by atoms with van der Waals surface area (Å²) in [5, 5.41) is 3.65. The summed E-state index contributed by atoms with van der Waals surface area (Å²) >= 11 is 6.58. The fourth-order valence-corrected chi connectivity index (χ4v) is 3.90. The fourth-order valence-electron chi connectivity index (χ4n) is 3.64. The van der Waals surface area contributed by atoms with Crippen molar-refractivity contribution in [2.45, 2.75) is 13.0 Å². The lowest BCUT2D eigenvalue weighted by atomic mass is 10.1. The third-order valence-corrected chi connectivity index (χ3v) is 5.87. The molecular formula is C26H31ClN6O3. The number of carbonyl (C=O) groups excluding carboxylic acids is 1. The molecule has 0 spiro atoms. The van der Waals surface area contributed by atoms with E-state index in [1.165, 1.54) is 13.2 Å². The van der Waals surface area contributed by atoms with Gasteiger partial charge in [-0.25, -0.2) is 9.98 Å². The van der Waals surface area contributed by atoms with Gasteiger partial charge < -0.3 is 25.4 Å². The molecule has 1 fully saturated rings. The Balaban J connectivity index is 0.00000176. The van der Waals surface area contributed by atoms with E-state index < -0.39 is 0 Å². The van der Waals surface area contributed by atoms with E-state index in [1.807, 2.05) is 19.1 Å². The summed E-state index contributed by atoms with van der Waals surface area (Å²) < 4.78 is 11.2. The largest absolute Gasteiger partial charge is 0.378 e. The molecule has 190 valence electrons. The van der Waals surface area contributed by atoms with Crippen LogP contribution in [0, 0.1) is 0 Å². The molecule has 1 unspecified atom stereocenters. The molecule has 4 rings (SSSR count). The first-order chi connectivity index (χ1) is 17.6. The molecule has 36 heavy (non-hydrogen) atoms. The zero-order valence-corrected chi connectivity index (χ0v) is 21.2. The van der Waals surface area contributed by atoms with Gasteiger partial charge in [-0.2, -0.15) is 0 Å². The molecule has 0 aliphatic carbocycles. The van der Waals surface area contributed by atoms with E-state index in [2.05, 4.69) is 49.8 Å². The maximum atomic E-state index is 10.8. The van der Waals surface area contributed by atoms with Crippen molar-refractivity contribution < 1.29 is 14.3 Å². The zero-order valence-electron chi connectivity index (χ0n) is 20.5. The number of benzene rings is 1. The highest BCUT2D eigenvalue weighted by Crippen LogP contribution is 2.34. The van der Waals surface area contributed by atoms with Crippen LogP contribution in [0.5, 0.6) is 0 Å². The molecule has 10 heteroatoms. The molecular weight excluding hydrogens is 480 g/mol. The second kappa shape index (κ2) is 13.6. The molecule has 2 aromatic heterocycles. The number of rotatable bonds is 9. The molecule has 0 radical (unpaired) electrons. The Bertz CT molecular complexity index is 1140. The van der Waals surface area contributed by atoms with Crippen molar-refractivity contribution in [2.75, 3.05) is 50.3 Å². The lowest BCUT2D eigenvalue weighted by Gasteiger charge is -2.28. The molecule has 0 saturated carbocycles. The Labute approximate surface area is 216 Å². The number of aldehydes is 1. The van der Waals surface area contributed by atoms with Gasteiger partial charge in [-0.3, -0.25) is 9.78 Å². The van der Waals surface area contributed by atoms with E-state index in [4.69, 9.17) is 21.1 Å². The second-order valence-corrected chi connectivity index (χ2v) is 8.17. The lowest BCUT2D eigenvalue weighted by Crippen LogP contribution is -2.36. The van der Waals surface area contributed by atoms with E-state index in [9.17, 15) is 4.79 Å². The summed E-state index contributed by atoms with van der Waals surface area (Å²) in [6, 6.07) is 13.4. The predicted molar refractivity (Wildman–Crippen MR) is 145 cm³/mol. The number of nitrogens with one attached hydrogen (secondary N) is 1. The van der Waals surface area contributed by atoms with Gasteiger partial charge in [0.25, 0.3) is 0 Å². The molecule has 3 N–H and O–H groups in total. The number of nitrogens with zero attached hydrogens (tertiary/aromatic N) is 4. The number of halogens is 1. The summed E-state index contributed by atoms with van der Waals surface area (Å²) in [7, 11) is 1.50.